The molecule has 0 radical (unpaired) electrons. The Hall–Kier alpha value is -2.16. The van der Waals surface area contributed by atoms with Crippen molar-refractivity contribution in [2.45, 2.75) is 20.0 Å². The van der Waals surface area contributed by atoms with Crippen molar-refractivity contribution in [3.8, 4) is 0 Å². The Kier molecular flexibility index (Phi) is 5.58. The molecule has 0 bridgehead atoms. The van der Waals surface area contributed by atoms with Crippen molar-refractivity contribution in [3.63, 3.8) is 0 Å². The Labute approximate surface area is 107 Å². The van der Waals surface area contributed by atoms with Crippen LogP contribution in [-0.2, 0) is 9.53 Å². The van der Waals surface area contributed by atoms with Gasteiger partial charge in [-0.25, -0.2) is 4.79 Å². The van der Waals surface area contributed by atoms with Crippen LogP contribution in [0, 0.1) is 0 Å². The van der Waals surface area contributed by atoms with E-state index in [2.05, 4.69) is 0 Å². The smallest absolute Gasteiger partial charge is 0.331 e. The van der Waals surface area contributed by atoms with E-state index in [0.717, 1.165) is 0 Å². The summed E-state index contributed by atoms with van der Waals surface area (Å²) in [4.78, 5) is 23.3. The number of esters is 1. The Morgan fingerprint density at radius 1 is 1.17 bits per heavy atom. The maximum absolute atomic E-state index is 11.9. The molecular formula is C15H16O3. The fraction of sp³-hybridized carbons (Fsp3) is 0.200. The Morgan fingerprint density at radius 2 is 1.83 bits per heavy atom. The van der Waals surface area contributed by atoms with Gasteiger partial charge in [0.25, 0.3) is 0 Å². The van der Waals surface area contributed by atoms with Crippen LogP contribution >= 0.6 is 0 Å². The minimum atomic E-state index is -0.782. The summed E-state index contributed by atoms with van der Waals surface area (Å²) in [6.45, 7) is 3.41. The number of carbonyl (C=O) groups excluding carboxylic acids is 2. The average molecular weight is 244 g/mol. The standard InChI is InChI=1S/C15H16O3/c1-3-4-6-11-14(16)18-12(2)15(17)13-9-7-5-8-10-13/h3-12H,1-2H3/b4-3+,11-6+/t12-/m1/s1. The van der Waals surface area contributed by atoms with Crippen LogP contribution in [0.15, 0.2) is 54.6 Å². The molecule has 0 aliphatic heterocycles. The summed E-state index contributed by atoms with van der Waals surface area (Å²) < 4.78 is 5.00. The maximum Gasteiger partial charge on any atom is 0.331 e. The van der Waals surface area contributed by atoms with Crippen LogP contribution < -0.4 is 0 Å². The van der Waals surface area contributed by atoms with Gasteiger partial charge in [0, 0.05) is 11.6 Å². The minimum absolute atomic E-state index is 0.205. The summed E-state index contributed by atoms with van der Waals surface area (Å²) >= 11 is 0. The first-order valence-corrected chi connectivity index (χ1v) is 5.74. The zero-order valence-electron chi connectivity index (χ0n) is 10.5. The highest BCUT2D eigenvalue weighted by atomic mass is 16.5. The first-order chi connectivity index (χ1) is 8.65. The van der Waals surface area contributed by atoms with Gasteiger partial charge in [0.05, 0.1) is 0 Å². The van der Waals surface area contributed by atoms with Gasteiger partial charge in [0.1, 0.15) is 0 Å². The quantitative estimate of drug-likeness (QED) is 0.346. The van der Waals surface area contributed by atoms with Crippen LogP contribution in [0.25, 0.3) is 0 Å². The summed E-state index contributed by atoms with van der Waals surface area (Å²) in [7, 11) is 0. The number of rotatable bonds is 5. The third kappa shape index (κ3) is 4.37. The maximum atomic E-state index is 11.9. The average Bonchev–Trinajstić information content (AvgIpc) is 2.39. The predicted molar refractivity (Wildman–Crippen MR) is 70.3 cm³/mol. The largest absolute Gasteiger partial charge is 0.451 e. The summed E-state index contributed by atoms with van der Waals surface area (Å²) in [5.74, 6) is -0.728. The molecule has 94 valence electrons. The molecular weight excluding hydrogens is 228 g/mol. The molecule has 0 spiro atoms. The highest BCUT2D eigenvalue weighted by molar-refractivity contribution is 6.00. The first kappa shape index (κ1) is 13.9. The second-order valence-corrected chi connectivity index (χ2v) is 3.69. The summed E-state index contributed by atoms with van der Waals surface area (Å²) in [6, 6.07) is 8.76. The molecule has 0 heterocycles. The topological polar surface area (TPSA) is 43.4 Å². The number of benzene rings is 1. The van der Waals surface area contributed by atoms with Crippen molar-refractivity contribution >= 4 is 11.8 Å². The van der Waals surface area contributed by atoms with Crippen molar-refractivity contribution in [1.29, 1.82) is 0 Å². The molecule has 3 heteroatoms. The van der Waals surface area contributed by atoms with E-state index in [4.69, 9.17) is 4.74 Å². The van der Waals surface area contributed by atoms with Gasteiger partial charge < -0.3 is 4.74 Å². The van der Waals surface area contributed by atoms with Crippen molar-refractivity contribution in [2.24, 2.45) is 0 Å². The molecule has 1 rings (SSSR count). The molecule has 1 aromatic carbocycles. The van der Waals surface area contributed by atoms with E-state index in [1.54, 1.807) is 49.4 Å². The summed E-state index contributed by atoms with van der Waals surface area (Å²) in [5, 5.41) is 0. The van der Waals surface area contributed by atoms with Crippen LogP contribution in [0.3, 0.4) is 0 Å². The molecule has 0 aliphatic rings. The van der Waals surface area contributed by atoms with Crippen molar-refractivity contribution in [3.05, 3.63) is 60.2 Å². The zero-order chi connectivity index (χ0) is 13.4. The molecule has 0 aliphatic carbocycles. The number of allylic oxidation sites excluding steroid dienone is 3. The van der Waals surface area contributed by atoms with E-state index in [1.807, 2.05) is 13.0 Å². The highest BCUT2D eigenvalue weighted by Gasteiger charge is 2.17. The summed E-state index contributed by atoms with van der Waals surface area (Å²) in [5.41, 5.74) is 0.537. The van der Waals surface area contributed by atoms with Crippen LogP contribution in [0.2, 0.25) is 0 Å². The second-order valence-electron chi connectivity index (χ2n) is 3.69. The van der Waals surface area contributed by atoms with Gasteiger partial charge in [-0.2, -0.15) is 0 Å². The molecule has 18 heavy (non-hydrogen) atoms. The number of hydrogen-bond donors (Lipinski definition) is 0. The van der Waals surface area contributed by atoms with Gasteiger partial charge in [-0.15, -0.1) is 0 Å². The lowest BCUT2D eigenvalue weighted by Crippen LogP contribution is -2.23. The Morgan fingerprint density at radius 3 is 2.44 bits per heavy atom. The monoisotopic (exact) mass is 244 g/mol. The van der Waals surface area contributed by atoms with E-state index in [1.165, 1.54) is 6.08 Å². The molecule has 1 atom stereocenters. The van der Waals surface area contributed by atoms with Crippen molar-refractivity contribution in [1.82, 2.24) is 0 Å². The van der Waals surface area contributed by atoms with Crippen LogP contribution in [0.4, 0.5) is 0 Å². The molecule has 1 aromatic rings. The van der Waals surface area contributed by atoms with Gasteiger partial charge in [-0.3, -0.25) is 4.79 Å². The second kappa shape index (κ2) is 7.22. The molecule has 0 N–H and O–H groups in total. The SMILES string of the molecule is C/C=C/C=C/C(=O)O[C@H](C)C(=O)c1ccccc1. The number of hydrogen-bond acceptors (Lipinski definition) is 3. The fourth-order valence-electron chi connectivity index (χ4n) is 1.35. The van der Waals surface area contributed by atoms with E-state index in [-0.39, 0.29) is 5.78 Å². The van der Waals surface area contributed by atoms with Gasteiger partial charge in [-0.05, 0) is 13.8 Å². The van der Waals surface area contributed by atoms with Gasteiger partial charge in [0.2, 0.25) is 5.78 Å². The molecule has 3 nitrogen and oxygen atoms in total. The van der Waals surface area contributed by atoms with E-state index < -0.39 is 12.1 Å². The minimum Gasteiger partial charge on any atom is -0.451 e. The van der Waals surface area contributed by atoms with Crippen LogP contribution in [0.5, 0.6) is 0 Å². The number of Topliss-reactive ketones (excluding diaryl/α,β-unsaturated/α-hetero) is 1. The molecule has 0 unspecified atom stereocenters. The zero-order valence-corrected chi connectivity index (χ0v) is 10.5. The molecule has 0 saturated heterocycles. The number of ether oxygens (including phenoxy) is 1. The van der Waals surface area contributed by atoms with Crippen molar-refractivity contribution in [2.75, 3.05) is 0 Å². The lowest BCUT2D eigenvalue weighted by Gasteiger charge is -2.10. The highest BCUT2D eigenvalue weighted by Crippen LogP contribution is 2.06. The lowest BCUT2D eigenvalue weighted by molar-refractivity contribution is -0.140. The van der Waals surface area contributed by atoms with E-state index in [9.17, 15) is 9.59 Å². The Bertz CT molecular complexity index is 458. The van der Waals surface area contributed by atoms with Crippen molar-refractivity contribution < 1.29 is 14.3 Å². The predicted octanol–water partition coefficient (Wildman–Crippen LogP) is 2.93. The molecule has 0 saturated carbocycles. The lowest BCUT2D eigenvalue weighted by atomic mass is 10.1. The third-order valence-electron chi connectivity index (χ3n) is 2.26. The Balaban J connectivity index is 2.58. The van der Waals surface area contributed by atoms with E-state index in [0.29, 0.717) is 5.56 Å². The third-order valence-corrected chi connectivity index (χ3v) is 2.26. The fourth-order valence-corrected chi connectivity index (χ4v) is 1.35. The number of ketones is 1. The van der Waals surface area contributed by atoms with Crippen LogP contribution in [0.1, 0.15) is 24.2 Å². The van der Waals surface area contributed by atoms with E-state index >= 15 is 0 Å². The first-order valence-electron chi connectivity index (χ1n) is 5.74. The molecule has 0 amide bonds. The van der Waals surface area contributed by atoms with Gasteiger partial charge in [-0.1, -0.05) is 48.6 Å². The number of carbonyl (C=O) groups is 2. The van der Waals surface area contributed by atoms with Gasteiger partial charge in [0.15, 0.2) is 6.10 Å². The van der Waals surface area contributed by atoms with Crippen LogP contribution in [-0.4, -0.2) is 17.9 Å². The van der Waals surface area contributed by atoms with Gasteiger partial charge >= 0.3 is 5.97 Å². The molecule has 0 aromatic heterocycles. The normalized spacial score (nSPS) is 12.8. The summed E-state index contributed by atoms with van der Waals surface area (Å²) in [6.07, 6.45) is 5.58. The molecule has 0 fully saturated rings.